The Kier molecular flexibility index (Phi) is 6.74. The van der Waals surface area contributed by atoms with Crippen molar-refractivity contribution in [3.63, 3.8) is 0 Å². The van der Waals surface area contributed by atoms with Gasteiger partial charge in [0.1, 0.15) is 11.6 Å². The van der Waals surface area contributed by atoms with Crippen molar-refractivity contribution < 1.29 is 13.6 Å². The Morgan fingerprint density at radius 1 is 0.970 bits per heavy atom. The van der Waals surface area contributed by atoms with Crippen molar-refractivity contribution in [3.05, 3.63) is 94.6 Å². The molecule has 2 aromatic heterocycles. The smallest absolute Gasteiger partial charge is 0.274 e. The monoisotopic (exact) mass is 466 g/mol. The van der Waals surface area contributed by atoms with Gasteiger partial charge >= 0.3 is 0 Å². The van der Waals surface area contributed by atoms with Crippen LogP contribution in [0, 0.1) is 25.5 Å². The van der Waals surface area contributed by atoms with Gasteiger partial charge in [-0.25, -0.2) is 23.4 Å². The molecule has 4 aromatic rings. The first-order chi connectivity index (χ1) is 15.9. The maximum Gasteiger partial charge on any atom is 0.274 e. The Balaban J connectivity index is 1.60. The molecule has 0 spiro atoms. The molecule has 0 unspecified atom stereocenters. The number of aryl methyl sites for hydroxylation is 2. The molecule has 0 saturated carbocycles. The van der Waals surface area contributed by atoms with E-state index in [-0.39, 0.29) is 23.9 Å². The van der Waals surface area contributed by atoms with Gasteiger partial charge in [-0.3, -0.25) is 4.79 Å². The first-order valence-electron chi connectivity index (χ1n) is 10.1. The largest absolute Gasteiger partial charge is 0.347 e. The van der Waals surface area contributed by atoms with Gasteiger partial charge in [-0.05, 0) is 61.9 Å². The van der Waals surface area contributed by atoms with E-state index in [9.17, 15) is 13.6 Å². The van der Waals surface area contributed by atoms with E-state index in [0.717, 1.165) is 17.0 Å². The molecule has 0 fully saturated rings. The summed E-state index contributed by atoms with van der Waals surface area (Å²) in [5.41, 5.74) is 3.65. The van der Waals surface area contributed by atoms with Gasteiger partial charge in [-0.2, -0.15) is 0 Å². The molecular weight excluding hydrogens is 446 g/mol. The van der Waals surface area contributed by atoms with E-state index in [1.54, 1.807) is 24.3 Å². The summed E-state index contributed by atoms with van der Waals surface area (Å²) in [4.78, 5) is 21.8. The van der Waals surface area contributed by atoms with Gasteiger partial charge in [0.05, 0.1) is 11.4 Å². The van der Waals surface area contributed by atoms with Crippen LogP contribution in [0.2, 0.25) is 0 Å². The summed E-state index contributed by atoms with van der Waals surface area (Å²) in [6.07, 6.45) is 0. The topological polar surface area (TPSA) is 85.6 Å². The molecule has 0 aliphatic rings. The van der Waals surface area contributed by atoms with Crippen LogP contribution >= 0.6 is 11.8 Å². The lowest BCUT2D eigenvalue weighted by Gasteiger charge is -2.09. The van der Waals surface area contributed by atoms with Gasteiger partial charge in [-0.15, -0.1) is 5.10 Å². The molecule has 2 aromatic carbocycles. The summed E-state index contributed by atoms with van der Waals surface area (Å²) < 4.78 is 28.0. The van der Waals surface area contributed by atoms with Gasteiger partial charge in [0, 0.05) is 23.7 Å². The predicted octanol–water partition coefficient (Wildman–Crippen LogP) is 4.17. The van der Waals surface area contributed by atoms with E-state index in [1.807, 2.05) is 19.9 Å². The minimum absolute atomic E-state index is 0.137. The third-order valence-electron chi connectivity index (χ3n) is 4.72. The van der Waals surface area contributed by atoms with Crippen molar-refractivity contribution in [2.75, 3.05) is 0 Å². The van der Waals surface area contributed by atoms with E-state index in [0.29, 0.717) is 22.3 Å². The van der Waals surface area contributed by atoms with E-state index in [4.69, 9.17) is 0 Å². The van der Waals surface area contributed by atoms with Gasteiger partial charge < -0.3 is 5.32 Å². The number of nitrogens with zero attached hydrogens (tertiary/aromatic N) is 5. The Labute approximate surface area is 193 Å². The van der Waals surface area contributed by atoms with Crippen molar-refractivity contribution in [1.82, 2.24) is 30.3 Å². The van der Waals surface area contributed by atoms with Crippen LogP contribution in [0.3, 0.4) is 0 Å². The zero-order chi connectivity index (χ0) is 23.4. The molecule has 0 radical (unpaired) electrons. The van der Waals surface area contributed by atoms with Crippen LogP contribution in [-0.2, 0) is 12.3 Å². The first-order valence-corrected chi connectivity index (χ1v) is 11.1. The molecular formula is C23H20F2N6OS. The molecule has 33 heavy (non-hydrogen) atoms. The average Bonchev–Trinajstić information content (AvgIpc) is 3.21. The van der Waals surface area contributed by atoms with Crippen LogP contribution in [-0.4, -0.2) is 30.9 Å². The summed E-state index contributed by atoms with van der Waals surface area (Å²) in [6.45, 7) is 3.98. The Morgan fingerprint density at radius 3 is 2.21 bits per heavy atom. The van der Waals surface area contributed by atoms with E-state index in [1.165, 1.54) is 40.7 Å². The summed E-state index contributed by atoms with van der Waals surface area (Å²) >= 11 is 1.35. The highest BCUT2D eigenvalue weighted by molar-refractivity contribution is 7.98. The van der Waals surface area contributed by atoms with Crippen molar-refractivity contribution in [2.24, 2.45) is 0 Å². The molecule has 0 bridgehead atoms. The van der Waals surface area contributed by atoms with Crippen LogP contribution < -0.4 is 5.32 Å². The molecule has 168 valence electrons. The highest BCUT2D eigenvalue weighted by Crippen LogP contribution is 2.24. The highest BCUT2D eigenvalue weighted by atomic mass is 32.2. The van der Waals surface area contributed by atoms with Crippen LogP contribution in [0.1, 0.15) is 33.1 Å². The van der Waals surface area contributed by atoms with E-state index >= 15 is 0 Å². The summed E-state index contributed by atoms with van der Waals surface area (Å²) in [5, 5.41) is 11.6. The van der Waals surface area contributed by atoms with Gasteiger partial charge in [0.25, 0.3) is 5.91 Å². The first kappa shape index (κ1) is 22.5. The zero-order valence-corrected chi connectivity index (χ0v) is 18.7. The lowest BCUT2D eigenvalue weighted by molar-refractivity contribution is 0.0945. The molecule has 2 heterocycles. The molecule has 0 aliphatic carbocycles. The molecule has 0 aliphatic heterocycles. The van der Waals surface area contributed by atoms with E-state index in [2.05, 4.69) is 25.6 Å². The Bertz CT molecular complexity index is 1260. The number of thioether (sulfide) groups is 1. The van der Waals surface area contributed by atoms with Crippen LogP contribution in [0.15, 0.2) is 59.8 Å². The number of hydrogen-bond acceptors (Lipinski definition) is 6. The fourth-order valence-corrected chi connectivity index (χ4v) is 4.10. The second kappa shape index (κ2) is 9.86. The lowest BCUT2D eigenvalue weighted by Crippen LogP contribution is -2.24. The minimum atomic E-state index is -0.426. The number of aromatic nitrogens is 5. The van der Waals surface area contributed by atoms with Gasteiger partial charge in [-0.1, -0.05) is 29.1 Å². The number of carbonyl (C=O) groups is 1. The quantitative estimate of drug-likeness (QED) is 0.325. The van der Waals surface area contributed by atoms with Crippen LogP contribution in [0.5, 0.6) is 0 Å². The number of amides is 1. The fraction of sp³-hybridized carbons (Fsp3) is 0.174. The normalized spacial score (nSPS) is 10.9. The molecule has 4 rings (SSSR count). The number of rotatable bonds is 7. The number of benzene rings is 2. The zero-order valence-electron chi connectivity index (χ0n) is 17.9. The van der Waals surface area contributed by atoms with Crippen LogP contribution in [0.25, 0.3) is 5.69 Å². The standard InChI is InChI=1S/C23H20F2N6OS/c1-14-11-15(2)28-23(27-14)33-13-20-21(22(32)26-12-16-3-5-17(24)6-4-16)29-30-31(20)19-9-7-18(25)8-10-19/h3-11H,12-13H2,1-2H3,(H,26,32). The van der Waals surface area contributed by atoms with Crippen molar-refractivity contribution in [1.29, 1.82) is 0 Å². The van der Waals surface area contributed by atoms with Crippen molar-refractivity contribution >= 4 is 17.7 Å². The predicted molar refractivity (Wildman–Crippen MR) is 120 cm³/mol. The van der Waals surface area contributed by atoms with E-state index < -0.39 is 5.91 Å². The second-order valence-corrected chi connectivity index (χ2v) is 8.25. The Hall–Kier alpha value is -3.66. The minimum Gasteiger partial charge on any atom is -0.347 e. The SMILES string of the molecule is Cc1cc(C)nc(SCc2c(C(=O)NCc3ccc(F)cc3)nnn2-c2ccc(F)cc2)n1. The molecule has 10 heteroatoms. The fourth-order valence-electron chi connectivity index (χ4n) is 3.16. The maximum absolute atomic E-state index is 13.4. The number of nitrogens with one attached hydrogen (secondary N) is 1. The summed E-state index contributed by atoms with van der Waals surface area (Å²) in [5.74, 6) is -0.840. The van der Waals surface area contributed by atoms with Crippen molar-refractivity contribution in [3.8, 4) is 5.69 Å². The van der Waals surface area contributed by atoms with Gasteiger partial charge in [0.2, 0.25) is 0 Å². The highest BCUT2D eigenvalue weighted by Gasteiger charge is 2.21. The second-order valence-electron chi connectivity index (χ2n) is 7.30. The number of carbonyl (C=O) groups excluding carboxylic acids is 1. The number of hydrogen-bond donors (Lipinski definition) is 1. The van der Waals surface area contributed by atoms with Gasteiger partial charge in [0.15, 0.2) is 10.9 Å². The third kappa shape index (κ3) is 5.58. The Morgan fingerprint density at radius 2 is 1.58 bits per heavy atom. The molecule has 0 saturated heterocycles. The average molecular weight is 467 g/mol. The van der Waals surface area contributed by atoms with Crippen LogP contribution in [0.4, 0.5) is 8.78 Å². The maximum atomic E-state index is 13.4. The molecule has 0 atom stereocenters. The summed E-state index contributed by atoms with van der Waals surface area (Å²) in [6, 6.07) is 13.5. The summed E-state index contributed by atoms with van der Waals surface area (Å²) in [7, 11) is 0. The number of halogens is 2. The van der Waals surface area contributed by atoms with Crippen molar-refractivity contribution in [2.45, 2.75) is 31.3 Å². The molecule has 1 N–H and O–H groups in total. The molecule has 1 amide bonds. The lowest BCUT2D eigenvalue weighted by atomic mass is 10.2. The molecule has 7 nitrogen and oxygen atoms in total. The third-order valence-corrected chi connectivity index (χ3v) is 5.57.